The summed E-state index contributed by atoms with van der Waals surface area (Å²) in [6.45, 7) is 3.61. The van der Waals surface area contributed by atoms with Gasteiger partial charge in [0, 0.05) is 7.11 Å². The number of methoxy groups -OCH3 is 1. The molecule has 0 aromatic heterocycles. The Morgan fingerprint density at radius 2 is 2.17 bits per heavy atom. The van der Waals surface area contributed by atoms with E-state index in [4.69, 9.17) is 15.3 Å². The molecular formula is C12H20N4O2. The summed E-state index contributed by atoms with van der Waals surface area (Å²) in [5, 5.41) is 3.07. The fourth-order valence-corrected chi connectivity index (χ4v) is 1.35. The lowest BCUT2D eigenvalue weighted by molar-refractivity contribution is 0.208. The summed E-state index contributed by atoms with van der Waals surface area (Å²) in [5.74, 6) is 6.63. The van der Waals surface area contributed by atoms with Gasteiger partial charge < -0.3 is 14.8 Å². The number of hydrogen-bond acceptors (Lipinski definition) is 4. The minimum atomic E-state index is 0.471. The van der Waals surface area contributed by atoms with Gasteiger partial charge in [-0.2, -0.15) is 0 Å². The van der Waals surface area contributed by atoms with Crippen molar-refractivity contribution in [2.24, 2.45) is 10.8 Å². The van der Waals surface area contributed by atoms with E-state index in [1.807, 2.05) is 31.2 Å². The fourth-order valence-electron chi connectivity index (χ4n) is 1.35. The molecule has 6 heteroatoms. The van der Waals surface area contributed by atoms with E-state index in [9.17, 15) is 0 Å². The first kappa shape index (κ1) is 14.3. The third kappa shape index (κ3) is 4.60. The number of nitrogens with two attached hydrogens (primary N) is 1. The molecule has 0 aliphatic rings. The van der Waals surface area contributed by atoms with Crippen LogP contribution >= 0.6 is 0 Å². The first-order valence-corrected chi connectivity index (χ1v) is 5.80. The molecule has 100 valence electrons. The number of hydrogen-bond donors (Lipinski definition) is 3. The van der Waals surface area contributed by atoms with Gasteiger partial charge in [-0.05, 0) is 19.1 Å². The Morgan fingerprint density at radius 3 is 2.83 bits per heavy atom. The van der Waals surface area contributed by atoms with Gasteiger partial charge in [-0.25, -0.2) is 10.8 Å². The summed E-state index contributed by atoms with van der Waals surface area (Å²) in [5.41, 5.74) is 3.32. The SMILES string of the molecule is CCOc1ccccc1NC(=NCCOC)NN. The maximum absolute atomic E-state index is 5.50. The van der Waals surface area contributed by atoms with Gasteiger partial charge in [-0.1, -0.05) is 12.1 Å². The Hall–Kier alpha value is -1.79. The first-order chi connectivity index (χ1) is 8.81. The highest BCUT2D eigenvalue weighted by atomic mass is 16.5. The Morgan fingerprint density at radius 1 is 1.39 bits per heavy atom. The van der Waals surface area contributed by atoms with Crippen LogP contribution in [0, 0.1) is 0 Å². The molecule has 0 atom stereocenters. The highest BCUT2D eigenvalue weighted by Crippen LogP contribution is 2.23. The largest absolute Gasteiger partial charge is 0.492 e. The average Bonchev–Trinajstić information content (AvgIpc) is 2.40. The number of rotatable bonds is 6. The molecule has 0 bridgehead atoms. The average molecular weight is 252 g/mol. The van der Waals surface area contributed by atoms with Crippen molar-refractivity contribution in [3.05, 3.63) is 24.3 Å². The van der Waals surface area contributed by atoms with Gasteiger partial charge in [0.1, 0.15) is 5.75 Å². The molecular weight excluding hydrogens is 232 g/mol. The topological polar surface area (TPSA) is 80.9 Å². The van der Waals surface area contributed by atoms with E-state index in [1.165, 1.54) is 0 Å². The summed E-state index contributed by atoms with van der Waals surface area (Å²) in [6, 6.07) is 7.60. The zero-order chi connectivity index (χ0) is 13.2. The van der Waals surface area contributed by atoms with Crippen molar-refractivity contribution in [2.45, 2.75) is 6.92 Å². The summed E-state index contributed by atoms with van der Waals surface area (Å²) < 4.78 is 10.4. The summed E-state index contributed by atoms with van der Waals surface area (Å²) in [6.07, 6.45) is 0. The molecule has 0 radical (unpaired) electrons. The van der Waals surface area contributed by atoms with Crippen LogP contribution in [0.15, 0.2) is 29.3 Å². The first-order valence-electron chi connectivity index (χ1n) is 5.80. The molecule has 0 saturated carbocycles. The second-order valence-electron chi connectivity index (χ2n) is 3.42. The molecule has 0 spiro atoms. The number of ether oxygens (including phenoxy) is 2. The lowest BCUT2D eigenvalue weighted by atomic mass is 10.3. The molecule has 0 amide bonds. The minimum Gasteiger partial charge on any atom is -0.492 e. The second-order valence-corrected chi connectivity index (χ2v) is 3.42. The van der Waals surface area contributed by atoms with E-state index in [2.05, 4.69) is 15.7 Å². The fraction of sp³-hybridized carbons (Fsp3) is 0.417. The van der Waals surface area contributed by atoms with Crippen LogP contribution in [0.2, 0.25) is 0 Å². The summed E-state index contributed by atoms with van der Waals surface area (Å²) >= 11 is 0. The number of benzene rings is 1. The number of nitrogens with zero attached hydrogens (tertiary/aromatic N) is 1. The predicted octanol–water partition coefficient (Wildman–Crippen LogP) is 0.963. The molecule has 0 aliphatic carbocycles. The van der Waals surface area contributed by atoms with Crippen molar-refractivity contribution in [2.75, 3.05) is 32.2 Å². The van der Waals surface area contributed by atoms with Crippen molar-refractivity contribution in [1.82, 2.24) is 5.43 Å². The Labute approximate surface area is 107 Å². The maximum Gasteiger partial charge on any atom is 0.210 e. The van der Waals surface area contributed by atoms with Crippen LogP contribution in [-0.2, 0) is 4.74 Å². The number of nitrogens with one attached hydrogen (secondary N) is 2. The van der Waals surface area contributed by atoms with E-state index in [-0.39, 0.29) is 0 Å². The molecule has 6 nitrogen and oxygen atoms in total. The molecule has 0 aliphatic heterocycles. The van der Waals surface area contributed by atoms with Crippen LogP contribution in [0.25, 0.3) is 0 Å². The van der Waals surface area contributed by atoms with Gasteiger partial charge in [0.05, 0.1) is 25.4 Å². The minimum absolute atomic E-state index is 0.471. The van der Waals surface area contributed by atoms with Crippen molar-refractivity contribution < 1.29 is 9.47 Å². The standard InChI is InChI=1S/C12H20N4O2/c1-3-18-11-7-5-4-6-10(11)15-12(16-13)14-8-9-17-2/h4-7H,3,8-9,13H2,1-2H3,(H2,14,15,16). The second kappa shape index (κ2) is 8.32. The number of guanidine groups is 1. The third-order valence-electron chi connectivity index (χ3n) is 2.14. The van der Waals surface area contributed by atoms with E-state index >= 15 is 0 Å². The van der Waals surface area contributed by atoms with Crippen molar-refractivity contribution >= 4 is 11.6 Å². The molecule has 0 unspecified atom stereocenters. The summed E-state index contributed by atoms with van der Waals surface area (Å²) in [4.78, 5) is 4.22. The quantitative estimate of drug-likeness (QED) is 0.231. The molecule has 0 fully saturated rings. The van der Waals surface area contributed by atoms with E-state index < -0.39 is 0 Å². The highest BCUT2D eigenvalue weighted by molar-refractivity contribution is 5.94. The van der Waals surface area contributed by atoms with Gasteiger partial charge in [0.15, 0.2) is 0 Å². The molecule has 1 aromatic rings. The van der Waals surface area contributed by atoms with E-state index in [0.29, 0.717) is 25.7 Å². The monoisotopic (exact) mass is 252 g/mol. The Balaban J connectivity index is 2.71. The van der Waals surface area contributed by atoms with Crippen LogP contribution in [0.3, 0.4) is 0 Å². The number of anilines is 1. The van der Waals surface area contributed by atoms with Crippen LogP contribution in [-0.4, -0.2) is 32.8 Å². The van der Waals surface area contributed by atoms with Crippen LogP contribution in [0.5, 0.6) is 5.75 Å². The molecule has 0 heterocycles. The van der Waals surface area contributed by atoms with Gasteiger partial charge in [0.2, 0.25) is 5.96 Å². The molecule has 18 heavy (non-hydrogen) atoms. The van der Waals surface area contributed by atoms with E-state index in [0.717, 1.165) is 11.4 Å². The van der Waals surface area contributed by atoms with Crippen molar-refractivity contribution in [1.29, 1.82) is 0 Å². The van der Waals surface area contributed by atoms with Gasteiger partial charge in [-0.3, -0.25) is 5.43 Å². The number of aliphatic imine (C=N–C) groups is 1. The number of hydrazine groups is 1. The highest BCUT2D eigenvalue weighted by Gasteiger charge is 2.04. The van der Waals surface area contributed by atoms with Crippen LogP contribution in [0.1, 0.15) is 6.92 Å². The van der Waals surface area contributed by atoms with Crippen molar-refractivity contribution in [3.8, 4) is 5.75 Å². The zero-order valence-corrected chi connectivity index (χ0v) is 10.8. The summed E-state index contributed by atoms with van der Waals surface area (Å²) in [7, 11) is 1.63. The lowest BCUT2D eigenvalue weighted by Gasteiger charge is -2.13. The smallest absolute Gasteiger partial charge is 0.210 e. The van der Waals surface area contributed by atoms with Gasteiger partial charge >= 0.3 is 0 Å². The predicted molar refractivity (Wildman–Crippen MR) is 72.7 cm³/mol. The lowest BCUT2D eigenvalue weighted by Crippen LogP contribution is -2.36. The van der Waals surface area contributed by atoms with Gasteiger partial charge in [0.25, 0.3) is 0 Å². The zero-order valence-electron chi connectivity index (χ0n) is 10.8. The molecule has 4 N–H and O–H groups in total. The van der Waals surface area contributed by atoms with E-state index in [1.54, 1.807) is 7.11 Å². The third-order valence-corrected chi connectivity index (χ3v) is 2.14. The van der Waals surface area contributed by atoms with Crippen molar-refractivity contribution in [3.63, 3.8) is 0 Å². The van der Waals surface area contributed by atoms with Crippen LogP contribution in [0.4, 0.5) is 5.69 Å². The normalized spacial score (nSPS) is 11.2. The Kier molecular flexibility index (Phi) is 6.60. The van der Waals surface area contributed by atoms with Gasteiger partial charge in [-0.15, -0.1) is 0 Å². The Bertz CT molecular complexity index is 382. The maximum atomic E-state index is 5.50. The molecule has 0 saturated heterocycles. The number of para-hydroxylation sites is 2. The molecule has 1 rings (SSSR count). The van der Waals surface area contributed by atoms with Crippen LogP contribution < -0.4 is 21.3 Å². The molecule has 1 aromatic carbocycles.